The lowest BCUT2D eigenvalue weighted by molar-refractivity contribution is 0.212. The summed E-state index contributed by atoms with van der Waals surface area (Å²) in [5.74, 6) is 0.793. The van der Waals surface area contributed by atoms with E-state index in [-0.39, 0.29) is 6.61 Å². The van der Waals surface area contributed by atoms with Crippen molar-refractivity contribution < 1.29 is 9.84 Å². The highest BCUT2D eigenvalue weighted by molar-refractivity contribution is 5.77. The molecule has 0 aromatic heterocycles. The molecule has 4 nitrogen and oxygen atoms in total. The molecule has 0 spiro atoms. The molecule has 0 amide bonds. The number of aliphatic hydroxyl groups is 1. The smallest absolute Gasteiger partial charge is 0.207 e. The van der Waals surface area contributed by atoms with E-state index >= 15 is 0 Å². The molecule has 0 fully saturated rings. The molecule has 64 valence electrons. The Morgan fingerprint density at radius 1 is 1.73 bits per heavy atom. The maximum Gasteiger partial charge on any atom is 0.207 e. The van der Waals surface area contributed by atoms with Gasteiger partial charge in [-0.3, -0.25) is 5.01 Å². The number of β-amino-alcohol motifs (C(OH)–C–C–N with tert-alkyl or cyclic N) is 1. The fraction of sp³-hybridized carbons (Fsp3) is 0.857. The van der Waals surface area contributed by atoms with Crippen LogP contribution in [0, 0.1) is 0 Å². The van der Waals surface area contributed by atoms with Crippen LogP contribution in [-0.2, 0) is 4.74 Å². The number of hydrazone groups is 1. The average Bonchev–Trinajstić information content (AvgIpc) is 2.38. The molecular weight excluding hydrogens is 144 g/mol. The van der Waals surface area contributed by atoms with Gasteiger partial charge in [0.1, 0.15) is 0 Å². The molecule has 1 aliphatic rings. The van der Waals surface area contributed by atoms with Crippen molar-refractivity contribution in [3.8, 4) is 0 Å². The maximum atomic E-state index is 8.59. The zero-order valence-electron chi connectivity index (χ0n) is 6.79. The van der Waals surface area contributed by atoms with Gasteiger partial charge in [-0.2, -0.15) is 0 Å². The zero-order chi connectivity index (χ0) is 8.10. The number of nitrogens with zero attached hydrogens (tertiary/aromatic N) is 2. The Morgan fingerprint density at radius 3 is 3.18 bits per heavy atom. The molecule has 1 heterocycles. The van der Waals surface area contributed by atoms with E-state index in [0.29, 0.717) is 13.2 Å². The molecule has 0 aliphatic carbocycles. The Hall–Kier alpha value is -0.770. The summed E-state index contributed by atoms with van der Waals surface area (Å²) in [5.41, 5.74) is 0. The monoisotopic (exact) mass is 158 g/mol. The van der Waals surface area contributed by atoms with Gasteiger partial charge in [0.2, 0.25) is 5.90 Å². The lowest BCUT2D eigenvalue weighted by Gasteiger charge is -2.09. The second kappa shape index (κ2) is 4.18. The third-order valence-corrected chi connectivity index (χ3v) is 1.51. The quantitative estimate of drug-likeness (QED) is 0.630. The number of hydrogen-bond acceptors (Lipinski definition) is 4. The Bertz CT molecular complexity index is 147. The van der Waals surface area contributed by atoms with Crippen molar-refractivity contribution in [2.75, 3.05) is 26.3 Å². The lowest BCUT2D eigenvalue weighted by Crippen LogP contribution is -2.17. The summed E-state index contributed by atoms with van der Waals surface area (Å²) in [4.78, 5) is 0. The summed E-state index contributed by atoms with van der Waals surface area (Å²) in [6.45, 7) is 4.25. The largest absolute Gasteiger partial charge is 0.480 e. The minimum Gasteiger partial charge on any atom is -0.480 e. The van der Waals surface area contributed by atoms with E-state index < -0.39 is 0 Å². The SMILES string of the molecule is CCOC1=NN(CCO)CC1. The first-order chi connectivity index (χ1) is 5.36. The second-order valence-corrected chi connectivity index (χ2v) is 2.35. The molecule has 1 N–H and O–H groups in total. The first-order valence-electron chi connectivity index (χ1n) is 3.93. The number of hydrogen-bond donors (Lipinski definition) is 1. The summed E-state index contributed by atoms with van der Waals surface area (Å²) >= 11 is 0. The van der Waals surface area contributed by atoms with Gasteiger partial charge in [0.05, 0.1) is 19.8 Å². The van der Waals surface area contributed by atoms with E-state index in [1.807, 2.05) is 11.9 Å². The molecule has 1 rings (SSSR count). The van der Waals surface area contributed by atoms with Gasteiger partial charge in [0, 0.05) is 13.0 Å². The molecule has 0 atom stereocenters. The Balaban J connectivity index is 2.28. The number of ether oxygens (including phenoxy) is 1. The zero-order valence-corrected chi connectivity index (χ0v) is 6.79. The molecule has 4 heteroatoms. The van der Waals surface area contributed by atoms with Crippen LogP contribution >= 0.6 is 0 Å². The molecule has 0 unspecified atom stereocenters. The molecule has 1 aliphatic heterocycles. The second-order valence-electron chi connectivity index (χ2n) is 2.35. The third kappa shape index (κ3) is 2.38. The third-order valence-electron chi connectivity index (χ3n) is 1.51. The van der Waals surface area contributed by atoms with Crippen LogP contribution in [0.25, 0.3) is 0 Å². The van der Waals surface area contributed by atoms with Gasteiger partial charge in [-0.15, -0.1) is 5.10 Å². The van der Waals surface area contributed by atoms with Crippen molar-refractivity contribution in [1.29, 1.82) is 0 Å². The van der Waals surface area contributed by atoms with E-state index in [9.17, 15) is 0 Å². The first kappa shape index (κ1) is 8.33. The van der Waals surface area contributed by atoms with Gasteiger partial charge >= 0.3 is 0 Å². The Kier molecular flexibility index (Phi) is 3.16. The minimum atomic E-state index is 0.156. The van der Waals surface area contributed by atoms with E-state index in [4.69, 9.17) is 9.84 Å². The molecule has 0 aromatic carbocycles. The van der Waals surface area contributed by atoms with Gasteiger partial charge in [-0.25, -0.2) is 0 Å². The van der Waals surface area contributed by atoms with Crippen LogP contribution in [0.5, 0.6) is 0 Å². The van der Waals surface area contributed by atoms with Crippen molar-refractivity contribution in [3.63, 3.8) is 0 Å². The van der Waals surface area contributed by atoms with Crippen molar-refractivity contribution in [3.05, 3.63) is 0 Å². The van der Waals surface area contributed by atoms with Gasteiger partial charge in [-0.1, -0.05) is 0 Å². The average molecular weight is 158 g/mol. The maximum absolute atomic E-state index is 8.59. The van der Waals surface area contributed by atoms with Crippen LogP contribution in [0.3, 0.4) is 0 Å². The van der Waals surface area contributed by atoms with Crippen molar-refractivity contribution in [1.82, 2.24) is 5.01 Å². The standard InChI is InChI=1S/C7H14N2O2/c1-2-11-7-3-4-9(8-7)5-6-10/h10H,2-6H2,1H3. The van der Waals surface area contributed by atoms with Crippen LogP contribution in [0.4, 0.5) is 0 Å². The summed E-state index contributed by atoms with van der Waals surface area (Å²) in [6.07, 6.45) is 0.869. The van der Waals surface area contributed by atoms with Gasteiger partial charge in [0.25, 0.3) is 0 Å². The predicted octanol–water partition coefficient (Wildman–Crippen LogP) is 0.0344. The highest BCUT2D eigenvalue weighted by Crippen LogP contribution is 2.05. The van der Waals surface area contributed by atoms with Gasteiger partial charge in [0.15, 0.2) is 0 Å². The summed E-state index contributed by atoms with van der Waals surface area (Å²) < 4.78 is 5.21. The van der Waals surface area contributed by atoms with Crippen LogP contribution in [0.2, 0.25) is 0 Å². The first-order valence-corrected chi connectivity index (χ1v) is 3.93. The van der Waals surface area contributed by atoms with Crippen molar-refractivity contribution >= 4 is 5.90 Å². The molecule has 11 heavy (non-hydrogen) atoms. The Labute approximate surface area is 66.5 Å². The summed E-state index contributed by atoms with van der Waals surface area (Å²) in [7, 11) is 0. The minimum absolute atomic E-state index is 0.156. The van der Waals surface area contributed by atoms with Crippen LogP contribution < -0.4 is 0 Å². The summed E-state index contributed by atoms with van der Waals surface area (Å²) in [5, 5.41) is 14.6. The molecule has 0 radical (unpaired) electrons. The van der Waals surface area contributed by atoms with E-state index in [2.05, 4.69) is 5.10 Å². The topological polar surface area (TPSA) is 45.1 Å². The molecular formula is C7H14N2O2. The molecule has 0 aromatic rings. The highest BCUT2D eigenvalue weighted by atomic mass is 16.5. The normalized spacial score (nSPS) is 16.9. The van der Waals surface area contributed by atoms with Crippen molar-refractivity contribution in [2.24, 2.45) is 5.10 Å². The molecule has 0 saturated carbocycles. The van der Waals surface area contributed by atoms with Crippen LogP contribution in [0.15, 0.2) is 5.10 Å². The van der Waals surface area contributed by atoms with Crippen LogP contribution in [0.1, 0.15) is 13.3 Å². The van der Waals surface area contributed by atoms with Crippen LogP contribution in [-0.4, -0.2) is 42.3 Å². The molecule has 0 saturated heterocycles. The van der Waals surface area contributed by atoms with E-state index in [1.54, 1.807) is 0 Å². The fourth-order valence-electron chi connectivity index (χ4n) is 1.03. The van der Waals surface area contributed by atoms with Crippen molar-refractivity contribution in [2.45, 2.75) is 13.3 Å². The summed E-state index contributed by atoms with van der Waals surface area (Å²) in [6, 6.07) is 0. The van der Waals surface area contributed by atoms with Gasteiger partial charge in [-0.05, 0) is 6.92 Å². The lowest BCUT2D eigenvalue weighted by atomic mass is 10.4. The highest BCUT2D eigenvalue weighted by Gasteiger charge is 2.13. The predicted molar refractivity (Wildman–Crippen MR) is 42.3 cm³/mol. The number of rotatable bonds is 3. The van der Waals surface area contributed by atoms with E-state index in [0.717, 1.165) is 18.9 Å². The Morgan fingerprint density at radius 2 is 2.55 bits per heavy atom. The number of aliphatic hydroxyl groups excluding tert-OH is 1. The fourth-order valence-corrected chi connectivity index (χ4v) is 1.03. The van der Waals surface area contributed by atoms with E-state index in [1.165, 1.54) is 0 Å². The van der Waals surface area contributed by atoms with Gasteiger partial charge < -0.3 is 9.84 Å². The molecule has 0 bridgehead atoms.